The van der Waals surface area contributed by atoms with Crippen LogP contribution in [-0.2, 0) is 39.9 Å². The van der Waals surface area contributed by atoms with Crippen LogP contribution in [-0.4, -0.2) is 125 Å². The first-order valence-electron chi connectivity index (χ1n) is 19.2. The van der Waals surface area contributed by atoms with Crippen LogP contribution in [0.15, 0.2) is 42.5 Å². The topological polar surface area (TPSA) is 196 Å². The maximum absolute atomic E-state index is 14.5. The van der Waals surface area contributed by atoms with Crippen molar-refractivity contribution in [2.75, 3.05) is 25.5 Å². The minimum atomic E-state index is -4.98. The number of urea groups is 1. The van der Waals surface area contributed by atoms with E-state index in [0.717, 1.165) is 41.3 Å². The van der Waals surface area contributed by atoms with Gasteiger partial charge in [0.2, 0.25) is 29.5 Å². The Morgan fingerprint density at radius 3 is 2.20 bits per heavy atom. The summed E-state index contributed by atoms with van der Waals surface area (Å²) < 4.78 is 76.1. The predicted octanol–water partition coefficient (Wildman–Crippen LogP) is 2.61. The van der Waals surface area contributed by atoms with Crippen molar-refractivity contribution in [2.24, 2.45) is 5.92 Å². The molecule has 2 aromatic rings. The minimum absolute atomic E-state index is 0.0234. The summed E-state index contributed by atoms with van der Waals surface area (Å²) in [4.78, 5) is 100. The monoisotopic (exact) mass is 851 g/mol. The molecule has 0 radical (unpaired) electrons. The summed E-state index contributed by atoms with van der Waals surface area (Å²) in [5.74, 6) is -7.55. The maximum atomic E-state index is 14.5. The predicted molar refractivity (Wildman–Crippen MR) is 200 cm³/mol. The molecule has 8 atom stereocenters. The molecule has 60 heavy (non-hydrogen) atoms. The van der Waals surface area contributed by atoms with Crippen LogP contribution in [0.25, 0.3) is 0 Å². The van der Waals surface area contributed by atoms with Crippen LogP contribution in [0, 0.1) is 17.6 Å². The van der Waals surface area contributed by atoms with Crippen molar-refractivity contribution >= 4 is 47.2 Å². The Labute approximate surface area is 341 Å². The molecule has 3 fully saturated rings. The highest BCUT2D eigenvalue weighted by Gasteiger charge is 2.46. The van der Waals surface area contributed by atoms with Gasteiger partial charge in [-0.25, -0.2) is 18.4 Å². The molecule has 7 amide bonds. The lowest BCUT2D eigenvalue weighted by molar-refractivity contribution is -0.274. The lowest BCUT2D eigenvalue weighted by Gasteiger charge is -2.36. The fraction of sp³-hybridized carbons (Fsp3) is 0.513. The molecule has 326 valence electrons. The zero-order valence-electron chi connectivity index (χ0n) is 33.3. The number of amides is 7. The summed E-state index contributed by atoms with van der Waals surface area (Å²) in [6, 6.07) is -2.63. The van der Waals surface area contributed by atoms with Gasteiger partial charge in [-0.15, -0.1) is 13.2 Å². The highest BCUT2D eigenvalue weighted by molar-refractivity contribution is 5.98. The number of likely N-dealkylation sites (N-methyl/N-ethyl adjacent to an activating group) is 1. The quantitative estimate of drug-likeness (QED) is 0.239. The van der Waals surface area contributed by atoms with Gasteiger partial charge in [0.05, 0.1) is 0 Å². The Morgan fingerprint density at radius 2 is 1.57 bits per heavy atom. The number of fused-ring (bicyclic) bond motifs is 2. The largest absolute Gasteiger partial charge is 0.573 e. The first-order chi connectivity index (χ1) is 28.1. The summed E-state index contributed by atoms with van der Waals surface area (Å²) in [5, 5.41) is 9.79. The van der Waals surface area contributed by atoms with Crippen LogP contribution < -0.4 is 26.0 Å². The van der Waals surface area contributed by atoms with Crippen molar-refractivity contribution in [3.05, 3.63) is 59.7 Å². The Kier molecular flexibility index (Phi) is 13.9. The molecule has 16 nitrogen and oxygen atoms in total. The van der Waals surface area contributed by atoms with E-state index in [1.54, 1.807) is 6.92 Å². The smallest absolute Gasteiger partial charge is 0.458 e. The van der Waals surface area contributed by atoms with E-state index in [4.69, 9.17) is 4.74 Å². The molecular weight excluding hydrogens is 805 g/mol. The summed E-state index contributed by atoms with van der Waals surface area (Å²) in [7, 11) is 1.37. The molecule has 0 aromatic heterocycles. The molecule has 3 saturated heterocycles. The average Bonchev–Trinajstić information content (AvgIpc) is 3.82. The molecule has 0 aliphatic carbocycles. The molecular formula is C39H46F5N7O9. The second-order valence-electron chi connectivity index (χ2n) is 15.2. The Balaban J connectivity index is 1.47. The molecule has 0 bridgehead atoms. The molecule has 0 unspecified atom stereocenters. The highest BCUT2D eigenvalue weighted by atomic mass is 19.4. The number of rotatable bonds is 7. The van der Waals surface area contributed by atoms with Crippen molar-refractivity contribution < 1.29 is 65.0 Å². The number of esters is 1. The average molecular weight is 852 g/mol. The van der Waals surface area contributed by atoms with Gasteiger partial charge in [-0.05, 0) is 87.9 Å². The number of alkyl halides is 3. The van der Waals surface area contributed by atoms with Crippen LogP contribution >= 0.6 is 0 Å². The maximum Gasteiger partial charge on any atom is 0.573 e. The zero-order chi connectivity index (χ0) is 44.2. The first kappa shape index (κ1) is 45.1. The standard InChI is InChI=1S/C39H46F5N7O9/c1-19-13-30-37(57)59-22(4)31(36(56)50-12-6-7-29(50)35(55)49(5)21(3)32(52)45-20(2)34(54)51(30)18-19)48-33(53)28(16-23-14-24(40)17-25(41)15-23)47-38(58)46-26-8-10-27(11-9-26)60-39(42,43)44/h8-11,14-15,17,19-22,28-31H,6-7,12-13,16,18H2,1-5H3,(H,45,52)(H,48,53)(H2,46,47,58)/t19-,20-,21-,22-,28-,29-,30-,31-/m0/s1. The van der Waals surface area contributed by atoms with E-state index >= 15 is 0 Å². The van der Waals surface area contributed by atoms with Crippen LogP contribution in [0.2, 0.25) is 0 Å². The number of nitrogens with zero attached hydrogens (tertiary/aromatic N) is 3. The Morgan fingerprint density at radius 1 is 0.917 bits per heavy atom. The van der Waals surface area contributed by atoms with Crippen molar-refractivity contribution in [3.8, 4) is 5.75 Å². The van der Waals surface area contributed by atoms with E-state index in [1.165, 1.54) is 37.6 Å². The molecule has 3 aliphatic rings. The molecule has 0 spiro atoms. The number of anilines is 1. The van der Waals surface area contributed by atoms with Gasteiger partial charge in [-0.2, -0.15) is 0 Å². The number of carbonyl (C=O) groups is 7. The number of cyclic esters (lactones) is 1. The Bertz CT molecular complexity index is 1970. The van der Waals surface area contributed by atoms with Gasteiger partial charge < -0.3 is 45.4 Å². The van der Waals surface area contributed by atoms with Gasteiger partial charge in [-0.3, -0.25) is 24.0 Å². The molecule has 21 heteroatoms. The van der Waals surface area contributed by atoms with Crippen molar-refractivity contribution in [3.63, 3.8) is 0 Å². The summed E-state index contributed by atoms with van der Waals surface area (Å²) in [6.45, 7) is 6.16. The van der Waals surface area contributed by atoms with Gasteiger partial charge in [0.15, 0.2) is 0 Å². The second kappa shape index (κ2) is 18.5. The SMILES string of the molecule is C[C@H]1C[C@H]2C(=O)O[C@@H](C)[C@H](NC(=O)[C@H](Cc3cc(F)cc(F)c3)NC(=O)Nc3ccc(OC(F)(F)F)cc3)C(=O)N3CCC[C@H]3C(=O)N(C)[C@@H](C)C(=O)N[C@@H](C)C(=O)N2C1. The first-order valence-corrected chi connectivity index (χ1v) is 19.2. The Hall–Kier alpha value is -6.02. The van der Waals surface area contributed by atoms with E-state index < -0.39 is 114 Å². The third-order valence-corrected chi connectivity index (χ3v) is 10.6. The minimum Gasteiger partial charge on any atom is -0.458 e. The summed E-state index contributed by atoms with van der Waals surface area (Å²) >= 11 is 0. The number of carbonyl (C=O) groups excluding carboxylic acids is 7. The second-order valence-corrected chi connectivity index (χ2v) is 15.2. The fourth-order valence-electron chi connectivity index (χ4n) is 7.43. The van der Waals surface area contributed by atoms with Gasteiger partial charge >= 0.3 is 18.4 Å². The van der Waals surface area contributed by atoms with Crippen LogP contribution in [0.4, 0.5) is 32.4 Å². The molecule has 5 rings (SSSR count). The van der Waals surface area contributed by atoms with Gasteiger partial charge in [0.25, 0.3) is 0 Å². The lowest BCUT2D eigenvalue weighted by Crippen LogP contribution is -2.62. The number of ether oxygens (including phenoxy) is 2. The van der Waals surface area contributed by atoms with E-state index in [2.05, 4.69) is 26.0 Å². The number of hydrogen-bond acceptors (Lipinski definition) is 9. The highest BCUT2D eigenvalue weighted by Crippen LogP contribution is 2.28. The number of hydrogen-bond donors (Lipinski definition) is 4. The normalized spacial score (nSPS) is 26.1. The molecule has 3 heterocycles. The van der Waals surface area contributed by atoms with Crippen LogP contribution in [0.3, 0.4) is 0 Å². The molecule has 3 aliphatic heterocycles. The number of nitrogens with one attached hydrogen (secondary N) is 4. The summed E-state index contributed by atoms with van der Waals surface area (Å²) in [6.07, 6.45) is -6.33. The molecule has 0 saturated carbocycles. The zero-order valence-corrected chi connectivity index (χ0v) is 33.3. The molecule has 4 N–H and O–H groups in total. The van der Waals surface area contributed by atoms with Gasteiger partial charge in [0.1, 0.15) is 59.7 Å². The summed E-state index contributed by atoms with van der Waals surface area (Å²) in [5.41, 5.74) is -0.151. The molecule has 2 aromatic carbocycles. The third-order valence-electron chi connectivity index (χ3n) is 10.6. The van der Waals surface area contributed by atoms with E-state index in [0.29, 0.717) is 12.5 Å². The van der Waals surface area contributed by atoms with Gasteiger partial charge in [-0.1, -0.05) is 6.92 Å². The van der Waals surface area contributed by atoms with Crippen LogP contribution in [0.1, 0.15) is 52.5 Å². The van der Waals surface area contributed by atoms with E-state index in [1.807, 2.05) is 0 Å². The number of benzene rings is 2. The lowest BCUT2D eigenvalue weighted by atomic mass is 10.0. The van der Waals surface area contributed by atoms with Crippen molar-refractivity contribution in [2.45, 2.75) is 102 Å². The fourth-order valence-corrected chi connectivity index (χ4v) is 7.43. The van der Waals surface area contributed by atoms with Crippen LogP contribution in [0.5, 0.6) is 5.75 Å². The van der Waals surface area contributed by atoms with Gasteiger partial charge in [0, 0.05) is 38.3 Å². The third kappa shape index (κ3) is 11.0. The number of halogens is 5. The van der Waals surface area contributed by atoms with Crippen molar-refractivity contribution in [1.82, 2.24) is 30.7 Å². The van der Waals surface area contributed by atoms with Crippen molar-refractivity contribution in [1.29, 1.82) is 0 Å². The van der Waals surface area contributed by atoms with E-state index in [9.17, 15) is 55.5 Å². The van der Waals surface area contributed by atoms with E-state index in [-0.39, 0.29) is 43.1 Å².